The number of benzene rings is 1. The van der Waals surface area contributed by atoms with E-state index in [4.69, 9.17) is 4.84 Å². The second-order valence-corrected chi connectivity index (χ2v) is 11.0. The molecule has 1 fully saturated rings. The van der Waals surface area contributed by atoms with Gasteiger partial charge in [-0.3, -0.25) is 14.5 Å². The molecule has 1 aromatic carbocycles. The number of amides is 2. The fourth-order valence-electron chi connectivity index (χ4n) is 5.34. The first-order valence-corrected chi connectivity index (χ1v) is 14.7. The SMILES string of the molecule is CC(CCC(CCNC=O)Nc1cc(C(=O)NC[C@H](O)CN2CCc3ccccc3C2)ncn1)=NOC1CCCC1. The molecule has 2 aliphatic rings. The summed E-state index contributed by atoms with van der Waals surface area (Å²) in [5.74, 6) is 0.148. The molecule has 2 aromatic rings. The second kappa shape index (κ2) is 16.0. The van der Waals surface area contributed by atoms with Gasteiger partial charge in [0, 0.05) is 44.8 Å². The number of carbonyl (C=O) groups excluding carboxylic acids is 2. The third-order valence-electron chi connectivity index (χ3n) is 7.66. The standard InChI is InChI=1S/C30H43N7O4/c1-22(36-41-27-8-4-5-9-27)10-11-25(12-14-31-21-38)35-29-16-28(33-20-34-29)30(40)32-17-26(39)19-37-15-13-23-6-2-3-7-24(23)18-37/h2-3,6-7,16,20-21,25-27,39H,4-5,8-15,17-19H2,1H3,(H,31,38)(H,32,40)(H,33,34,35)/t25?,26-/m0/s1. The number of aliphatic hydroxyl groups excluding tert-OH is 1. The maximum absolute atomic E-state index is 12.8. The maximum Gasteiger partial charge on any atom is 0.270 e. The minimum Gasteiger partial charge on any atom is -0.393 e. The van der Waals surface area contributed by atoms with Crippen LogP contribution in [0.15, 0.2) is 41.8 Å². The predicted molar refractivity (Wildman–Crippen MR) is 158 cm³/mol. The summed E-state index contributed by atoms with van der Waals surface area (Å²) >= 11 is 0. The van der Waals surface area contributed by atoms with Gasteiger partial charge in [-0.1, -0.05) is 29.4 Å². The van der Waals surface area contributed by atoms with Gasteiger partial charge in [-0.25, -0.2) is 9.97 Å². The van der Waals surface area contributed by atoms with Gasteiger partial charge in [0.05, 0.1) is 11.8 Å². The average Bonchev–Trinajstić information content (AvgIpc) is 3.51. The van der Waals surface area contributed by atoms with E-state index in [9.17, 15) is 14.7 Å². The molecule has 0 saturated heterocycles. The van der Waals surface area contributed by atoms with Crippen molar-refractivity contribution in [3.05, 3.63) is 53.5 Å². The molecule has 41 heavy (non-hydrogen) atoms. The highest BCUT2D eigenvalue weighted by Gasteiger charge is 2.20. The monoisotopic (exact) mass is 565 g/mol. The van der Waals surface area contributed by atoms with Crippen molar-refractivity contribution in [3.63, 3.8) is 0 Å². The number of hydrogen-bond donors (Lipinski definition) is 4. The zero-order chi connectivity index (χ0) is 28.9. The Kier molecular flexibility index (Phi) is 11.9. The van der Waals surface area contributed by atoms with E-state index in [1.807, 2.05) is 13.0 Å². The van der Waals surface area contributed by atoms with Crippen molar-refractivity contribution in [2.75, 3.05) is 31.5 Å². The van der Waals surface area contributed by atoms with Crippen LogP contribution in [0.5, 0.6) is 0 Å². The first kappa shape index (κ1) is 30.4. The van der Waals surface area contributed by atoms with E-state index >= 15 is 0 Å². The van der Waals surface area contributed by atoms with Crippen molar-refractivity contribution >= 4 is 23.8 Å². The Morgan fingerprint density at radius 3 is 2.83 bits per heavy atom. The maximum atomic E-state index is 12.8. The number of nitrogens with one attached hydrogen (secondary N) is 3. The van der Waals surface area contributed by atoms with Crippen molar-refractivity contribution in [3.8, 4) is 0 Å². The molecule has 1 aliphatic carbocycles. The van der Waals surface area contributed by atoms with Crippen molar-refractivity contribution in [2.24, 2.45) is 5.16 Å². The molecule has 1 unspecified atom stereocenters. The van der Waals surface area contributed by atoms with Crippen LogP contribution in [0.25, 0.3) is 0 Å². The molecule has 11 heteroatoms. The first-order chi connectivity index (χ1) is 20.0. The summed E-state index contributed by atoms with van der Waals surface area (Å²) < 4.78 is 0. The number of carbonyl (C=O) groups is 2. The Morgan fingerprint density at radius 2 is 2.02 bits per heavy atom. The van der Waals surface area contributed by atoms with Gasteiger partial charge in [0.25, 0.3) is 5.91 Å². The van der Waals surface area contributed by atoms with Gasteiger partial charge in [0.2, 0.25) is 6.41 Å². The lowest BCUT2D eigenvalue weighted by Crippen LogP contribution is -2.42. The Balaban J connectivity index is 1.25. The van der Waals surface area contributed by atoms with E-state index in [0.29, 0.717) is 31.7 Å². The fourth-order valence-corrected chi connectivity index (χ4v) is 5.34. The van der Waals surface area contributed by atoms with E-state index in [0.717, 1.165) is 50.9 Å². The van der Waals surface area contributed by atoms with Gasteiger partial charge in [-0.2, -0.15) is 0 Å². The predicted octanol–water partition coefficient (Wildman–Crippen LogP) is 2.66. The summed E-state index contributed by atoms with van der Waals surface area (Å²) in [5, 5.41) is 23.8. The van der Waals surface area contributed by atoms with Gasteiger partial charge < -0.3 is 25.9 Å². The molecule has 2 heterocycles. The highest BCUT2D eigenvalue weighted by atomic mass is 16.6. The third kappa shape index (κ3) is 10.1. The van der Waals surface area contributed by atoms with Gasteiger partial charge in [0.1, 0.15) is 23.9 Å². The highest BCUT2D eigenvalue weighted by molar-refractivity contribution is 5.92. The number of anilines is 1. The molecule has 11 nitrogen and oxygen atoms in total. The van der Waals surface area contributed by atoms with E-state index < -0.39 is 6.10 Å². The van der Waals surface area contributed by atoms with Crippen LogP contribution in [0.2, 0.25) is 0 Å². The van der Waals surface area contributed by atoms with Crippen molar-refractivity contribution in [1.29, 1.82) is 0 Å². The molecular weight excluding hydrogens is 522 g/mol. The molecule has 2 atom stereocenters. The third-order valence-corrected chi connectivity index (χ3v) is 7.66. The minimum absolute atomic E-state index is 0.0126. The minimum atomic E-state index is -0.694. The molecule has 1 aliphatic heterocycles. The molecule has 2 amide bonds. The molecule has 1 aromatic heterocycles. The quantitative estimate of drug-likeness (QED) is 0.105. The van der Waals surface area contributed by atoms with E-state index in [2.05, 4.69) is 54.2 Å². The first-order valence-electron chi connectivity index (χ1n) is 14.7. The summed E-state index contributed by atoms with van der Waals surface area (Å²) in [6.45, 7) is 4.76. The van der Waals surface area contributed by atoms with Crippen LogP contribution in [-0.4, -0.2) is 82.4 Å². The number of rotatable bonds is 16. The zero-order valence-electron chi connectivity index (χ0n) is 23.9. The van der Waals surface area contributed by atoms with Crippen LogP contribution in [-0.2, 0) is 22.6 Å². The normalized spacial score (nSPS) is 17.4. The Bertz CT molecular complexity index is 1160. The largest absolute Gasteiger partial charge is 0.393 e. The van der Waals surface area contributed by atoms with Crippen LogP contribution in [0.4, 0.5) is 5.82 Å². The number of nitrogens with zero attached hydrogens (tertiary/aromatic N) is 4. The molecule has 0 spiro atoms. The van der Waals surface area contributed by atoms with E-state index in [-0.39, 0.29) is 30.3 Å². The van der Waals surface area contributed by atoms with Crippen LogP contribution in [0.1, 0.15) is 73.5 Å². The van der Waals surface area contributed by atoms with E-state index in [1.165, 1.54) is 30.3 Å². The number of β-amino-alcohol motifs (C(OH)–C–C–N with tert-alkyl or cyclic N) is 1. The summed E-state index contributed by atoms with van der Waals surface area (Å²) in [7, 11) is 0. The second-order valence-electron chi connectivity index (χ2n) is 11.0. The fraction of sp³-hybridized carbons (Fsp3) is 0.567. The number of fused-ring (bicyclic) bond motifs is 1. The van der Waals surface area contributed by atoms with Gasteiger partial charge in [-0.15, -0.1) is 0 Å². The lowest BCUT2D eigenvalue weighted by Gasteiger charge is -2.30. The van der Waals surface area contributed by atoms with Crippen LogP contribution >= 0.6 is 0 Å². The lowest BCUT2D eigenvalue weighted by molar-refractivity contribution is -0.109. The van der Waals surface area contributed by atoms with Crippen LogP contribution < -0.4 is 16.0 Å². The number of aromatic nitrogens is 2. The lowest BCUT2D eigenvalue weighted by atomic mass is 10.00. The zero-order valence-corrected chi connectivity index (χ0v) is 23.9. The summed E-state index contributed by atoms with van der Waals surface area (Å²) in [5.41, 5.74) is 3.78. The van der Waals surface area contributed by atoms with Crippen molar-refractivity contribution in [1.82, 2.24) is 25.5 Å². The Hall–Kier alpha value is -3.57. The number of hydrogen-bond acceptors (Lipinski definition) is 9. The molecule has 1 saturated carbocycles. The van der Waals surface area contributed by atoms with Crippen molar-refractivity contribution < 1.29 is 19.5 Å². The molecular formula is C30H43N7O4. The highest BCUT2D eigenvalue weighted by Crippen LogP contribution is 2.21. The Morgan fingerprint density at radius 1 is 1.22 bits per heavy atom. The molecule has 0 bridgehead atoms. The van der Waals surface area contributed by atoms with Gasteiger partial charge in [-0.05, 0) is 69.4 Å². The average molecular weight is 566 g/mol. The Labute approximate surface area is 242 Å². The van der Waals surface area contributed by atoms with Crippen molar-refractivity contribution in [2.45, 2.75) is 83.1 Å². The summed E-state index contributed by atoms with van der Waals surface area (Å²) in [6, 6.07) is 9.97. The molecule has 222 valence electrons. The molecule has 0 radical (unpaired) electrons. The van der Waals surface area contributed by atoms with Crippen LogP contribution in [0.3, 0.4) is 0 Å². The summed E-state index contributed by atoms with van der Waals surface area (Å²) in [4.78, 5) is 39.9. The smallest absolute Gasteiger partial charge is 0.270 e. The molecule has 4 N–H and O–H groups in total. The molecule has 4 rings (SSSR count). The van der Waals surface area contributed by atoms with Gasteiger partial charge >= 0.3 is 0 Å². The number of oxime groups is 1. The van der Waals surface area contributed by atoms with Crippen LogP contribution in [0, 0.1) is 0 Å². The van der Waals surface area contributed by atoms with E-state index in [1.54, 1.807) is 6.07 Å². The van der Waals surface area contributed by atoms with Gasteiger partial charge in [0.15, 0.2) is 0 Å². The number of aliphatic hydroxyl groups is 1. The summed E-state index contributed by atoms with van der Waals surface area (Å²) in [6.07, 6.45) is 9.20. The topological polar surface area (TPSA) is 141 Å².